The molecule has 3 aromatic heterocycles. The first kappa shape index (κ1) is 42.4. The van der Waals surface area contributed by atoms with Crippen molar-refractivity contribution in [1.29, 1.82) is 0 Å². The van der Waals surface area contributed by atoms with Crippen LogP contribution in [-0.2, 0) is 20.8 Å². The highest BCUT2D eigenvalue weighted by atomic mass is 16.2. The summed E-state index contributed by atoms with van der Waals surface area (Å²) in [7, 11) is 0. The van der Waals surface area contributed by atoms with Crippen molar-refractivity contribution in [3.05, 3.63) is 86.9 Å². The van der Waals surface area contributed by atoms with Crippen molar-refractivity contribution in [1.82, 2.24) is 34.6 Å². The summed E-state index contributed by atoms with van der Waals surface area (Å²) in [6.45, 7) is 6.56. The van der Waals surface area contributed by atoms with Gasteiger partial charge in [0.05, 0.1) is 35.0 Å². The van der Waals surface area contributed by atoms with Gasteiger partial charge in [0, 0.05) is 74.6 Å². The van der Waals surface area contributed by atoms with Crippen molar-refractivity contribution in [3.8, 4) is 0 Å². The lowest BCUT2D eigenvalue weighted by Gasteiger charge is -2.36. The van der Waals surface area contributed by atoms with E-state index in [-0.39, 0.29) is 52.8 Å². The standard InChI is InChI=1S/C46H53N9O7/c1-28-34-27-49-37(50-42(34)54(31-11-7-8-12-31)45(61)40(28)29(2)56)25-30-16-17-32(26-48-30)52-21-23-53(24-22-52)39(58)15-6-4-3-5-9-20-47-35-14-10-13-33-41(35)46(62)55(44(33)60)36-18-19-38(57)51-43(36)59/h10,13-14,16-17,26-27,31,36,47H,3-9,11-12,15,18-25H2,1-2H3,(H,51,57,59). The van der Waals surface area contributed by atoms with Crippen LogP contribution in [0.15, 0.2) is 47.5 Å². The summed E-state index contributed by atoms with van der Waals surface area (Å²) in [4.78, 5) is 109. The molecule has 3 fully saturated rings. The SMILES string of the molecule is CC(=O)c1c(C)c2cnc(Cc3ccc(N4CCN(C(=O)CCCCCCCNc5cccc6c5C(=O)N(C5CCC(=O)NC5=O)C6=O)CC4)cn3)nc2n(C2CCCC2)c1=O. The molecule has 1 aromatic carbocycles. The number of anilines is 2. The molecule has 1 saturated carbocycles. The van der Waals surface area contributed by atoms with E-state index >= 15 is 0 Å². The van der Waals surface area contributed by atoms with Crippen molar-refractivity contribution in [2.75, 3.05) is 42.9 Å². The second-order valence-electron chi connectivity index (χ2n) is 16.9. The van der Waals surface area contributed by atoms with Crippen LogP contribution in [0, 0.1) is 6.92 Å². The Morgan fingerprint density at radius 2 is 1.61 bits per heavy atom. The monoisotopic (exact) mass is 843 g/mol. The molecule has 16 nitrogen and oxygen atoms in total. The number of nitrogens with one attached hydrogen (secondary N) is 2. The van der Waals surface area contributed by atoms with E-state index in [9.17, 15) is 33.6 Å². The number of piperidine rings is 1. The summed E-state index contributed by atoms with van der Waals surface area (Å²) in [6.07, 6.45) is 13.0. The normalized spacial score (nSPS) is 18.2. The van der Waals surface area contributed by atoms with Gasteiger partial charge in [-0.05, 0) is 75.8 Å². The third kappa shape index (κ3) is 8.59. The number of benzene rings is 1. The lowest BCUT2D eigenvalue weighted by molar-refractivity contribution is -0.136. The Balaban J connectivity index is 0.754. The fraction of sp³-hybridized carbons (Fsp3) is 0.478. The van der Waals surface area contributed by atoms with Crippen molar-refractivity contribution in [2.24, 2.45) is 0 Å². The molecule has 1 atom stereocenters. The molecule has 5 amide bonds. The molecule has 4 aliphatic rings. The molecular formula is C46H53N9O7. The number of nitrogens with zero attached hydrogens (tertiary/aromatic N) is 7. The van der Waals surface area contributed by atoms with Gasteiger partial charge in [0.15, 0.2) is 5.78 Å². The van der Waals surface area contributed by atoms with Crippen LogP contribution in [0.4, 0.5) is 11.4 Å². The zero-order valence-corrected chi connectivity index (χ0v) is 35.4. The molecule has 8 rings (SSSR count). The van der Waals surface area contributed by atoms with Crippen molar-refractivity contribution in [2.45, 2.75) is 109 Å². The number of pyridine rings is 2. The van der Waals surface area contributed by atoms with E-state index in [1.807, 2.05) is 23.2 Å². The maximum Gasteiger partial charge on any atom is 0.264 e. The first-order chi connectivity index (χ1) is 30.0. The van der Waals surface area contributed by atoms with Gasteiger partial charge in [-0.1, -0.05) is 38.2 Å². The number of rotatable bonds is 15. The summed E-state index contributed by atoms with van der Waals surface area (Å²) in [5.74, 6) is -1.59. The van der Waals surface area contributed by atoms with E-state index in [2.05, 4.69) is 20.5 Å². The zero-order valence-electron chi connectivity index (χ0n) is 35.4. The van der Waals surface area contributed by atoms with Crippen LogP contribution in [0.3, 0.4) is 0 Å². The second-order valence-corrected chi connectivity index (χ2v) is 16.9. The summed E-state index contributed by atoms with van der Waals surface area (Å²) in [6, 6.07) is 8.08. The number of unbranched alkanes of at least 4 members (excludes halogenated alkanes) is 4. The van der Waals surface area contributed by atoms with Gasteiger partial charge in [-0.25, -0.2) is 9.97 Å². The van der Waals surface area contributed by atoms with E-state index in [4.69, 9.17) is 9.97 Å². The molecule has 2 saturated heterocycles. The molecule has 2 N–H and O–H groups in total. The number of fused-ring (bicyclic) bond motifs is 2. The first-order valence-electron chi connectivity index (χ1n) is 22.0. The van der Waals surface area contributed by atoms with Gasteiger partial charge in [-0.15, -0.1) is 0 Å². The van der Waals surface area contributed by atoms with Gasteiger partial charge in [-0.2, -0.15) is 0 Å². The molecular weight excluding hydrogens is 791 g/mol. The van der Waals surface area contributed by atoms with Gasteiger partial charge < -0.3 is 15.1 Å². The summed E-state index contributed by atoms with van der Waals surface area (Å²) < 4.78 is 1.73. The molecule has 4 aromatic rings. The zero-order chi connectivity index (χ0) is 43.5. The Hall–Kier alpha value is -6.32. The van der Waals surface area contributed by atoms with Crippen molar-refractivity contribution >= 4 is 57.7 Å². The predicted octanol–water partition coefficient (Wildman–Crippen LogP) is 4.91. The average molecular weight is 844 g/mol. The Bertz CT molecular complexity index is 2490. The molecule has 324 valence electrons. The van der Waals surface area contributed by atoms with E-state index < -0.39 is 29.7 Å². The fourth-order valence-corrected chi connectivity index (χ4v) is 9.43. The molecule has 6 heterocycles. The van der Waals surface area contributed by atoms with Gasteiger partial charge in [0.1, 0.15) is 17.5 Å². The molecule has 1 unspecified atom stereocenters. The second kappa shape index (κ2) is 18.3. The van der Waals surface area contributed by atoms with E-state index in [0.29, 0.717) is 68.3 Å². The lowest BCUT2D eigenvalue weighted by Crippen LogP contribution is -2.54. The highest BCUT2D eigenvalue weighted by Gasteiger charge is 2.45. The smallest absolute Gasteiger partial charge is 0.264 e. The van der Waals surface area contributed by atoms with Crippen LogP contribution in [0.25, 0.3) is 11.0 Å². The Morgan fingerprint density at radius 3 is 2.34 bits per heavy atom. The van der Waals surface area contributed by atoms with Crippen molar-refractivity contribution in [3.63, 3.8) is 0 Å². The van der Waals surface area contributed by atoms with Crippen LogP contribution in [0.5, 0.6) is 0 Å². The summed E-state index contributed by atoms with van der Waals surface area (Å²) in [5.41, 5.74) is 4.02. The predicted molar refractivity (Wildman–Crippen MR) is 231 cm³/mol. The van der Waals surface area contributed by atoms with Gasteiger partial charge >= 0.3 is 0 Å². The third-order valence-corrected chi connectivity index (χ3v) is 12.8. The molecule has 1 aliphatic carbocycles. The molecule has 0 radical (unpaired) electrons. The number of aryl methyl sites for hydroxylation is 1. The van der Waals surface area contributed by atoms with E-state index in [1.54, 1.807) is 35.9 Å². The lowest BCUT2D eigenvalue weighted by atomic mass is 10.0. The molecule has 3 aliphatic heterocycles. The highest BCUT2D eigenvalue weighted by Crippen LogP contribution is 2.34. The van der Waals surface area contributed by atoms with Crippen LogP contribution in [-0.4, -0.2) is 103 Å². The largest absolute Gasteiger partial charge is 0.384 e. The number of hydrogen-bond acceptors (Lipinski definition) is 12. The van der Waals surface area contributed by atoms with Gasteiger partial charge in [0.25, 0.3) is 17.4 Å². The van der Waals surface area contributed by atoms with Crippen LogP contribution in [0.1, 0.15) is 138 Å². The number of Topliss-reactive ketones (excluding diaryl/α,β-unsaturated/α-hetero) is 1. The van der Waals surface area contributed by atoms with Gasteiger partial charge in [0.2, 0.25) is 17.7 Å². The minimum absolute atomic E-state index is 0.0191. The number of ketones is 1. The Morgan fingerprint density at radius 1 is 0.855 bits per heavy atom. The number of amides is 5. The topological polar surface area (TPSA) is 197 Å². The molecule has 16 heteroatoms. The van der Waals surface area contributed by atoms with E-state index in [0.717, 1.165) is 79.5 Å². The number of aromatic nitrogens is 4. The average Bonchev–Trinajstić information content (AvgIpc) is 3.88. The molecule has 0 bridgehead atoms. The number of piperazine rings is 1. The number of carbonyl (C=O) groups excluding carboxylic acids is 6. The third-order valence-electron chi connectivity index (χ3n) is 12.8. The van der Waals surface area contributed by atoms with Crippen molar-refractivity contribution < 1.29 is 28.8 Å². The minimum Gasteiger partial charge on any atom is -0.384 e. The van der Waals surface area contributed by atoms with Crippen LogP contribution < -0.4 is 21.1 Å². The summed E-state index contributed by atoms with van der Waals surface area (Å²) >= 11 is 0. The van der Waals surface area contributed by atoms with E-state index in [1.165, 1.54) is 6.92 Å². The first-order valence-corrected chi connectivity index (χ1v) is 22.0. The summed E-state index contributed by atoms with van der Waals surface area (Å²) in [5, 5.41) is 6.24. The maximum absolute atomic E-state index is 13.6. The van der Waals surface area contributed by atoms with Crippen LogP contribution >= 0.6 is 0 Å². The molecule has 0 spiro atoms. The van der Waals surface area contributed by atoms with Crippen LogP contribution in [0.2, 0.25) is 0 Å². The minimum atomic E-state index is -1.00. The fourth-order valence-electron chi connectivity index (χ4n) is 9.43. The molecule has 62 heavy (non-hydrogen) atoms. The maximum atomic E-state index is 13.6. The highest BCUT2D eigenvalue weighted by molar-refractivity contribution is 6.25. The number of imide groups is 2. The Labute approximate surface area is 359 Å². The Kier molecular flexibility index (Phi) is 12.5. The van der Waals surface area contributed by atoms with Gasteiger partial charge in [-0.3, -0.25) is 53.3 Å². The number of hydrogen-bond donors (Lipinski definition) is 2. The quantitative estimate of drug-likeness (QED) is 0.0934. The number of carbonyl (C=O) groups is 6.